The minimum atomic E-state index is -0.392. The fraction of sp³-hybridized carbons (Fsp3) is 0.0556. The number of aromatic nitrogens is 1. The Labute approximate surface area is 128 Å². The summed E-state index contributed by atoms with van der Waals surface area (Å²) in [7, 11) is 2.03. The number of nitrogens with zero attached hydrogens (tertiary/aromatic N) is 2. The van der Waals surface area contributed by atoms with Crippen molar-refractivity contribution in [1.82, 2.24) is 0 Å². The van der Waals surface area contributed by atoms with Gasteiger partial charge in [-0.2, -0.15) is 4.57 Å². The van der Waals surface area contributed by atoms with Gasteiger partial charge in [0.1, 0.15) is 7.05 Å². The van der Waals surface area contributed by atoms with E-state index in [1.54, 1.807) is 12.1 Å². The first kappa shape index (κ1) is 13.9. The van der Waals surface area contributed by atoms with Crippen LogP contribution in [0, 0.1) is 10.1 Å². The Kier molecular flexibility index (Phi) is 3.66. The minimum Gasteiger partial charge on any atom is -0.258 e. The molecule has 1 heterocycles. The largest absolute Gasteiger partial charge is 0.269 e. The number of nitro benzene ring substituents is 1. The third kappa shape index (κ3) is 2.72. The van der Waals surface area contributed by atoms with Crippen LogP contribution in [0.25, 0.3) is 23.1 Å². The molecule has 2 aromatic carbocycles. The van der Waals surface area contributed by atoms with Gasteiger partial charge in [-0.25, -0.2) is 0 Å². The first-order chi connectivity index (χ1) is 10.6. The molecule has 4 heteroatoms. The Bertz CT molecular complexity index is 868. The van der Waals surface area contributed by atoms with Gasteiger partial charge in [-0.1, -0.05) is 12.1 Å². The number of rotatable bonds is 3. The summed E-state index contributed by atoms with van der Waals surface area (Å²) in [6, 6.07) is 18.9. The number of hydrogen-bond donors (Lipinski definition) is 0. The van der Waals surface area contributed by atoms with Gasteiger partial charge in [-0.05, 0) is 35.9 Å². The monoisotopic (exact) mass is 291 g/mol. The lowest BCUT2D eigenvalue weighted by Gasteiger charge is -1.99. The van der Waals surface area contributed by atoms with Crippen LogP contribution in [0.5, 0.6) is 0 Å². The lowest BCUT2D eigenvalue weighted by atomic mass is 10.1. The molecule has 0 N–H and O–H groups in total. The lowest BCUT2D eigenvalue weighted by Crippen LogP contribution is -2.32. The summed E-state index contributed by atoms with van der Waals surface area (Å²) in [5.74, 6) is 0. The van der Waals surface area contributed by atoms with Crippen LogP contribution in [0.1, 0.15) is 11.3 Å². The van der Waals surface area contributed by atoms with Gasteiger partial charge in [0.05, 0.1) is 4.92 Å². The van der Waals surface area contributed by atoms with Crippen LogP contribution < -0.4 is 4.57 Å². The zero-order chi connectivity index (χ0) is 15.5. The van der Waals surface area contributed by atoms with E-state index in [2.05, 4.69) is 28.8 Å². The van der Waals surface area contributed by atoms with E-state index in [0.717, 1.165) is 16.8 Å². The van der Waals surface area contributed by atoms with Crippen molar-refractivity contribution in [3.63, 3.8) is 0 Å². The molecule has 4 nitrogen and oxygen atoms in total. The van der Waals surface area contributed by atoms with E-state index in [1.807, 2.05) is 31.3 Å². The Morgan fingerprint density at radius 2 is 1.68 bits per heavy atom. The van der Waals surface area contributed by atoms with Gasteiger partial charge < -0.3 is 0 Å². The van der Waals surface area contributed by atoms with E-state index in [1.165, 1.54) is 17.5 Å². The van der Waals surface area contributed by atoms with Crippen molar-refractivity contribution < 1.29 is 9.49 Å². The van der Waals surface area contributed by atoms with Gasteiger partial charge in [0.2, 0.25) is 11.2 Å². The second-order valence-corrected chi connectivity index (χ2v) is 5.06. The summed E-state index contributed by atoms with van der Waals surface area (Å²) < 4.78 is 2.12. The maximum atomic E-state index is 10.6. The first-order valence-electron chi connectivity index (χ1n) is 6.95. The number of pyridine rings is 1. The molecule has 0 saturated heterocycles. The van der Waals surface area contributed by atoms with Crippen molar-refractivity contribution in [2.75, 3.05) is 0 Å². The van der Waals surface area contributed by atoms with Crippen LogP contribution >= 0.6 is 0 Å². The molecule has 1 aromatic heterocycles. The van der Waals surface area contributed by atoms with E-state index in [0.29, 0.717) is 0 Å². The van der Waals surface area contributed by atoms with Gasteiger partial charge >= 0.3 is 0 Å². The summed E-state index contributed by atoms with van der Waals surface area (Å²) in [6.45, 7) is 0. The summed E-state index contributed by atoms with van der Waals surface area (Å²) >= 11 is 0. The van der Waals surface area contributed by atoms with Crippen LogP contribution in [0.4, 0.5) is 5.69 Å². The van der Waals surface area contributed by atoms with E-state index < -0.39 is 4.92 Å². The van der Waals surface area contributed by atoms with Crippen molar-refractivity contribution in [2.45, 2.75) is 0 Å². The van der Waals surface area contributed by atoms with Gasteiger partial charge in [0, 0.05) is 35.7 Å². The number of fused-ring (bicyclic) bond motifs is 1. The van der Waals surface area contributed by atoms with E-state index >= 15 is 0 Å². The molecule has 0 spiro atoms. The molecule has 3 rings (SSSR count). The quantitative estimate of drug-likeness (QED) is 0.419. The molecule has 0 saturated carbocycles. The second kappa shape index (κ2) is 5.77. The van der Waals surface area contributed by atoms with Gasteiger partial charge in [-0.15, -0.1) is 0 Å². The molecule has 0 aliphatic carbocycles. The molecule has 3 aromatic rings. The molecule has 22 heavy (non-hydrogen) atoms. The average molecular weight is 291 g/mol. The maximum absolute atomic E-state index is 10.6. The third-order valence-electron chi connectivity index (χ3n) is 3.67. The zero-order valence-electron chi connectivity index (χ0n) is 12.1. The highest BCUT2D eigenvalue weighted by atomic mass is 16.6. The van der Waals surface area contributed by atoms with Crippen molar-refractivity contribution in [3.05, 3.63) is 82.0 Å². The van der Waals surface area contributed by atoms with Crippen molar-refractivity contribution in [3.8, 4) is 0 Å². The molecule has 0 aliphatic rings. The molecule has 0 atom stereocenters. The highest BCUT2D eigenvalue weighted by Gasteiger charge is 2.08. The van der Waals surface area contributed by atoms with Crippen LogP contribution in [-0.4, -0.2) is 4.92 Å². The second-order valence-electron chi connectivity index (χ2n) is 5.06. The molecule has 0 unspecified atom stereocenters. The topological polar surface area (TPSA) is 47.0 Å². The smallest absolute Gasteiger partial charge is 0.258 e. The Morgan fingerprint density at radius 3 is 2.41 bits per heavy atom. The Hall–Kier alpha value is -3.01. The standard InChI is InChI=1S/C18H15N2O2/c1-19-16(13-9-15-4-2-3-5-18(15)19)10-6-14-7-11-17(12-8-14)20(21)22/h2-13H,1H3/q+1/b10-6+. The zero-order valence-corrected chi connectivity index (χ0v) is 12.1. The molecular weight excluding hydrogens is 276 g/mol. The molecule has 0 amide bonds. The number of aryl methyl sites for hydroxylation is 1. The fourth-order valence-electron chi connectivity index (χ4n) is 2.42. The fourth-order valence-corrected chi connectivity index (χ4v) is 2.42. The predicted octanol–water partition coefficient (Wildman–Crippen LogP) is 3.74. The Balaban J connectivity index is 1.92. The number of benzene rings is 2. The minimum absolute atomic E-state index is 0.105. The number of non-ortho nitro benzene ring substituents is 1. The maximum Gasteiger partial charge on any atom is 0.269 e. The SMILES string of the molecule is C[n+]1c(/C=C/c2ccc([N+](=O)[O-])cc2)ccc2ccccc21. The number of para-hydroxylation sites is 1. The average Bonchev–Trinajstić information content (AvgIpc) is 2.55. The summed E-state index contributed by atoms with van der Waals surface area (Å²) in [4.78, 5) is 10.3. The van der Waals surface area contributed by atoms with E-state index in [4.69, 9.17) is 0 Å². The highest BCUT2D eigenvalue weighted by molar-refractivity contribution is 5.77. The lowest BCUT2D eigenvalue weighted by molar-refractivity contribution is -0.646. The van der Waals surface area contributed by atoms with Crippen LogP contribution in [-0.2, 0) is 7.05 Å². The van der Waals surface area contributed by atoms with E-state index in [9.17, 15) is 10.1 Å². The van der Waals surface area contributed by atoms with Crippen molar-refractivity contribution >= 4 is 28.7 Å². The first-order valence-corrected chi connectivity index (χ1v) is 6.95. The number of hydrogen-bond acceptors (Lipinski definition) is 2. The Morgan fingerprint density at radius 1 is 0.955 bits per heavy atom. The van der Waals surface area contributed by atoms with Gasteiger partial charge in [-0.3, -0.25) is 10.1 Å². The van der Waals surface area contributed by atoms with Gasteiger partial charge in [0.25, 0.3) is 5.69 Å². The molecule has 0 bridgehead atoms. The van der Waals surface area contributed by atoms with Crippen LogP contribution in [0.15, 0.2) is 60.7 Å². The number of nitro groups is 1. The van der Waals surface area contributed by atoms with E-state index in [-0.39, 0.29) is 5.69 Å². The predicted molar refractivity (Wildman–Crippen MR) is 87.1 cm³/mol. The van der Waals surface area contributed by atoms with Crippen LogP contribution in [0.2, 0.25) is 0 Å². The highest BCUT2D eigenvalue weighted by Crippen LogP contribution is 2.15. The third-order valence-corrected chi connectivity index (χ3v) is 3.67. The van der Waals surface area contributed by atoms with Crippen molar-refractivity contribution in [2.24, 2.45) is 7.05 Å². The van der Waals surface area contributed by atoms with Crippen LogP contribution in [0.3, 0.4) is 0 Å². The summed E-state index contributed by atoms with van der Waals surface area (Å²) in [5, 5.41) is 11.8. The molecule has 0 radical (unpaired) electrons. The normalized spacial score (nSPS) is 11.1. The van der Waals surface area contributed by atoms with Crippen molar-refractivity contribution in [1.29, 1.82) is 0 Å². The van der Waals surface area contributed by atoms with Gasteiger partial charge in [0.15, 0.2) is 0 Å². The molecule has 0 fully saturated rings. The summed E-state index contributed by atoms with van der Waals surface area (Å²) in [6.07, 6.45) is 3.96. The summed E-state index contributed by atoms with van der Waals surface area (Å²) in [5.41, 5.74) is 3.26. The molecular formula is C18H15N2O2+. The molecule has 0 aliphatic heterocycles. The molecule has 108 valence electrons.